The van der Waals surface area contributed by atoms with Crippen LogP contribution < -0.4 is 0 Å². The number of aliphatic hydroxyl groups excluding tert-OH is 1. The zero-order chi connectivity index (χ0) is 10.9. The summed E-state index contributed by atoms with van der Waals surface area (Å²) in [5.41, 5.74) is 0.0175. The highest BCUT2D eigenvalue weighted by Crippen LogP contribution is 2.32. The summed E-state index contributed by atoms with van der Waals surface area (Å²) in [7, 11) is 0. The van der Waals surface area contributed by atoms with E-state index in [0.29, 0.717) is 0 Å². The molecule has 0 aromatic heterocycles. The number of halogens is 3. The quantitative estimate of drug-likeness (QED) is 0.819. The maximum absolute atomic E-state index is 12.8. The van der Waals surface area contributed by atoms with Gasteiger partial charge in [-0.25, -0.2) is 9.18 Å². The van der Waals surface area contributed by atoms with Crippen molar-refractivity contribution in [1.29, 1.82) is 0 Å². The Balaban J connectivity index is 3.24. The van der Waals surface area contributed by atoms with Crippen LogP contribution in [0.25, 0.3) is 0 Å². The normalized spacial score (nSPS) is 12.6. The lowest BCUT2D eigenvalue weighted by molar-refractivity contribution is -0.147. The molecular formula is C8H5BrClFO3. The fourth-order valence-electron chi connectivity index (χ4n) is 0.885. The fourth-order valence-corrected chi connectivity index (χ4v) is 1.60. The summed E-state index contributed by atoms with van der Waals surface area (Å²) in [6.45, 7) is 0. The second kappa shape index (κ2) is 4.25. The average Bonchev–Trinajstić information content (AvgIpc) is 2.13. The lowest BCUT2D eigenvalue weighted by Gasteiger charge is -2.09. The van der Waals surface area contributed by atoms with Gasteiger partial charge in [-0.1, -0.05) is 17.7 Å². The van der Waals surface area contributed by atoms with Gasteiger partial charge < -0.3 is 10.2 Å². The largest absolute Gasteiger partial charge is 0.479 e. The SMILES string of the molecule is O=C(O)C(O)c1ccc(F)c(Cl)c1Br. The number of hydrogen-bond donors (Lipinski definition) is 2. The predicted octanol–water partition coefficient (Wildman–Crippen LogP) is 2.36. The van der Waals surface area contributed by atoms with Crippen molar-refractivity contribution in [2.24, 2.45) is 0 Å². The summed E-state index contributed by atoms with van der Waals surface area (Å²) < 4.78 is 12.9. The predicted molar refractivity (Wildman–Crippen MR) is 51.7 cm³/mol. The number of rotatable bonds is 2. The van der Waals surface area contributed by atoms with Crippen LogP contribution in [-0.2, 0) is 4.79 Å². The maximum atomic E-state index is 12.8. The number of aliphatic hydroxyl groups is 1. The van der Waals surface area contributed by atoms with Gasteiger partial charge in [-0.15, -0.1) is 0 Å². The van der Waals surface area contributed by atoms with Crippen LogP contribution in [0.5, 0.6) is 0 Å². The fraction of sp³-hybridized carbons (Fsp3) is 0.125. The Kier molecular flexibility index (Phi) is 3.47. The molecule has 0 aliphatic carbocycles. The molecule has 0 fully saturated rings. The van der Waals surface area contributed by atoms with E-state index in [0.717, 1.165) is 12.1 Å². The molecule has 14 heavy (non-hydrogen) atoms. The van der Waals surface area contributed by atoms with Crippen molar-refractivity contribution in [1.82, 2.24) is 0 Å². The Labute approximate surface area is 92.2 Å². The number of hydrogen-bond acceptors (Lipinski definition) is 2. The van der Waals surface area contributed by atoms with E-state index in [2.05, 4.69) is 15.9 Å². The summed E-state index contributed by atoms with van der Waals surface area (Å²) in [5, 5.41) is 17.4. The minimum absolute atomic E-state index is 0.0175. The molecule has 1 unspecified atom stereocenters. The first-order chi connectivity index (χ1) is 6.45. The number of carboxylic acids is 1. The van der Waals surface area contributed by atoms with Gasteiger partial charge in [0.15, 0.2) is 6.10 Å². The minimum atomic E-state index is -1.72. The molecular weight excluding hydrogens is 278 g/mol. The van der Waals surface area contributed by atoms with Gasteiger partial charge in [-0.05, 0) is 22.0 Å². The molecule has 1 rings (SSSR count). The monoisotopic (exact) mass is 282 g/mol. The number of aliphatic carboxylic acids is 1. The van der Waals surface area contributed by atoms with Gasteiger partial charge in [0.25, 0.3) is 0 Å². The van der Waals surface area contributed by atoms with Crippen LogP contribution in [-0.4, -0.2) is 16.2 Å². The highest BCUT2D eigenvalue weighted by molar-refractivity contribution is 9.10. The Hall–Kier alpha value is -0.650. The third kappa shape index (κ3) is 2.05. The molecule has 1 atom stereocenters. The lowest BCUT2D eigenvalue weighted by Crippen LogP contribution is -2.11. The summed E-state index contributed by atoms with van der Waals surface area (Å²) in [4.78, 5) is 10.4. The van der Waals surface area contributed by atoms with Crippen LogP contribution >= 0.6 is 27.5 Å². The summed E-state index contributed by atoms with van der Waals surface area (Å²) in [6, 6.07) is 2.15. The highest BCUT2D eigenvalue weighted by Gasteiger charge is 2.21. The zero-order valence-electron chi connectivity index (χ0n) is 6.67. The average molecular weight is 283 g/mol. The van der Waals surface area contributed by atoms with Crippen LogP contribution in [0.1, 0.15) is 11.7 Å². The van der Waals surface area contributed by atoms with E-state index >= 15 is 0 Å². The maximum Gasteiger partial charge on any atom is 0.337 e. The van der Waals surface area contributed by atoms with Crippen molar-refractivity contribution in [3.8, 4) is 0 Å². The Morgan fingerprint density at radius 2 is 2.14 bits per heavy atom. The molecule has 3 nitrogen and oxygen atoms in total. The van der Waals surface area contributed by atoms with Crippen molar-refractivity contribution in [2.45, 2.75) is 6.10 Å². The van der Waals surface area contributed by atoms with Gasteiger partial charge in [-0.2, -0.15) is 0 Å². The van der Waals surface area contributed by atoms with Crippen LogP contribution in [0.2, 0.25) is 5.02 Å². The van der Waals surface area contributed by atoms with E-state index in [1.165, 1.54) is 0 Å². The van der Waals surface area contributed by atoms with Gasteiger partial charge in [-0.3, -0.25) is 0 Å². The summed E-state index contributed by atoms with van der Waals surface area (Å²) >= 11 is 8.41. The van der Waals surface area contributed by atoms with Crippen molar-refractivity contribution in [2.75, 3.05) is 0 Å². The summed E-state index contributed by atoms with van der Waals surface area (Å²) in [5.74, 6) is -2.10. The van der Waals surface area contributed by atoms with Crippen LogP contribution in [0, 0.1) is 5.82 Å². The van der Waals surface area contributed by atoms with Gasteiger partial charge in [0.1, 0.15) is 5.82 Å². The molecule has 0 saturated heterocycles. The van der Waals surface area contributed by atoms with Crippen LogP contribution in [0.4, 0.5) is 4.39 Å². The molecule has 76 valence electrons. The van der Waals surface area contributed by atoms with Gasteiger partial charge in [0, 0.05) is 10.0 Å². The third-order valence-electron chi connectivity index (χ3n) is 1.59. The standard InChI is InChI=1S/C8H5BrClFO3/c9-5-3(7(12)8(13)14)1-2-4(11)6(5)10/h1-2,7,12H,(H,13,14). The minimum Gasteiger partial charge on any atom is -0.479 e. The smallest absolute Gasteiger partial charge is 0.337 e. The number of benzene rings is 1. The van der Waals surface area contributed by atoms with Crippen molar-refractivity contribution < 1.29 is 19.4 Å². The highest BCUT2D eigenvalue weighted by atomic mass is 79.9. The first kappa shape index (κ1) is 11.4. The van der Waals surface area contributed by atoms with E-state index < -0.39 is 17.9 Å². The molecule has 1 aromatic rings. The molecule has 0 saturated carbocycles. The van der Waals surface area contributed by atoms with Crippen LogP contribution in [0.15, 0.2) is 16.6 Å². The van der Waals surface area contributed by atoms with Crippen molar-refractivity contribution in [3.63, 3.8) is 0 Å². The van der Waals surface area contributed by atoms with Crippen molar-refractivity contribution in [3.05, 3.63) is 33.0 Å². The lowest BCUT2D eigenvalue weighted by atomic mass is 10.1. The van der Waals surface area contributed by atoms with E-state index in [4.69, 9.17) is 16.7 Å². The molecule has 0 aliphatic rings. The molecule has 0 radical (unpaired) electrons. The first-order valence-electron chi connectivity index (χ1n) is 3.49. The molecule has 0 spiro atoms. The summed E-state index contributed by atoms with van der Waals surface area (Å²) in [6.07, 6.45) is -1.72. The third-order valence-corrected chi connectivity index (χ3v) is 3.05. The molecule has 0 amide bonds. The van der Waals surface area contributed by atoms with Crippen molar-refractivity contribution >= 4 is 33.5 Å². The topological polar surface area (TPSA) is 57.5 Å². The molecule has 6 heteroatoms. The van der Waals surface area contributed by atoms with Gasteiger partial charge in [0.05, 0.1) is 5.02 Å². The number of carboxylic acid groups (broad SMARTS) is 1. The Morgan fingerprint density at radius 1 is 1.57 bits per heavy atom. The Morgan fingerprint density at radius 3 is 2.64 bits per heavy atom. The van der Waals surface area contributed by atoms with E-state index in [1.807, 2.05) is 0 Å². The van der Waals surface area contributed by atoms with Gasteiger partial charge >= 0.3 is 5.97 Å². The Bertz CT molecular complexity index is 383. The zero-order valence-corrected chi connectivity index (χ0v) is 9.01. The van der Waals surface area contributed by atoms with E-state index in [9.17, 15) is 14.3 Å². The second-order valence-electron chi connectivity index (χ2n) is 2.51. The van der Waals surface area contributed by atoms with Gasteiger partial charge in [0.2, 0.25) is 0 Å². The molecule has 0 bridgehead atoms. The van der Waals surface area contributed by atoms with E-state index in [-0.39, 0.29) is 15.1 Å². The molecule has 1 aromatic carbocycles. The first-order valence-corrected chi connectivity index (χ1v) is 4.66. The second-order valence-corrected chi connectivity index (χ2v) is 3.68. The van der Waals surface area contributed by atoms with E-state index in [1.54, 1.807) is 0 Å². The molecule has 0 aliphatic heterocycles. The van der Waals surface area contributed by atoms with Crippen LogP contribution in [0.3, 0.4) is 0 Å². The number of carbonyl (C=O) groups is 1. The molecule has 2 N–H and O–H groups in total. The molecule has 0 heterocycles.